The van der Waals surface area contributed by atoms with Gasteiger partial charge in [-0.3, -0.25) is 4.79 Å². The van der Waals surface area contributed by atoms with Gasteiger partial charge in [0.05, 0.1) is 0 Å². The number of carbonyl (C=O) groups excluding carboxylic acids is 1. The van der Waals surface area contributed by atoms with Crippen LogP contribution in [0, 0.1) is 5.92 Å². The first-order chi connectivity index (χ1) is 9.72. The average molecular weight is 317 g/mol. The quantitative estimate of drug-likeness (QED) is 0.691. The fourth-order valence-corrected chi connectivity index (χ4v) is 3.48. The molecule has 4 heteroatoms. The highest BCUT2D eigenvalue weighted by Gasteiger charge is 2.37. The molecule has 1 amide bonds. The van der Waals surface area contributed by atoms with Crippen LogP contribution in [-0.4, -0.2) is 29.4 Å². The summed E-state index contributed by atoms with van der Waals surface area (Å²) in [6.45, 7) is 3.12. The smallest absolute Gasteiger partial charge is 0.223 e. The van der Waals surface area contributed by atoms with Gasteiger partial charge in [0.25, 0.3) is 0 Å². The second-order valence-electron chi connectivity index (χ2n) is 6.90. The lowest BCUT2D eigenvalue weighted by Crippen LogP contribution is -2.43. The molecule has 0 aromatic rings. The van der Waals surface area contributed by atoms with E-state index in [4.69, 9.17) is 5.73 Å². The van der Waals surface area contributed by atoms with Crippen LogP contribution in [0.3, 0.4) is 0 Å². The second-order valence-corrected chi connectivity index (χ2v) is 6.90. The van der Waals surface area contributed by atoms with Crippen LogP contribution >= 0.6 is 12.4 Å². The zero-order chi connectivity index (χ0) is 14.4. The van der Waals surface area contributed by atoms with Crippen molar-refractivity contribution in [3.63, 3.8) is 0 Å². The topological polar surface area (TPSA) is 46.3 Å². The molecule has 0 radical (unpaired) electrons. The molecule has 0 bridgehead atoms. The molecule has 3 nitrogen and oxygen atoms in total. The molecule has 2 fully saturated rings. The molecule has 21 heavy (non-hydrogen) atoms. The summed E-state index contributed by atoms with van der Waals surface area (Å²) in [4.78, 5) is 14.8. The van der Waals surface area contributed by atoms with Gasteiger partial charge in [0.1, 0.15) is 0 Å². The monoisotopic (exact) mass is 316 g/mol. The maximum atomic E-state index is 12.5. The molecular formula is C17H33ClN2O. The maximum Gasteiger partial charge on any atom is 0.223 e. The lowest BCUT2D eigenvalue weighted by molar-refractivity contribution is -0.135. The summed E-state index contributed by atoms with van der Waals surface area (Å²) in [5, 5.41) is 0. The molecule has 0 unspecified atom stereocenters. The molecule has 0 aromatic heterocycles. The van der Waals surface area contributed by atoms with Crippen LogP contribution in [-0.2, 0) is 4.79 Å². The van der Waals surface area contributed by atoms with Gasteiger partial charge in [0, 0.05) is 18.5 Å². The van der Waals surface area contributed by atoms with E-state index in [1.165, 1.54) is 44.9 Å². The number of unbranched alkanes of at least 4 members (excludes halogenated alkanes) is 3. The summed E-state index contributed by atoms with van der Waals surface area (Å²) in [5.74, 6) is 1.29. The first kappa shape index (κ1) is 18.8. The molecule has 2 rings (SSSR count). The largest absolute Gasteiger partial charge is 0.337 e. The Hall–Kier alpha value is -0.280. The predicted octanol–water partition coefficient (Wildman–Crippen LogP) is 3.89. The fraction of sp³-hybridized carbons (Fsp3) is 0.941. The summed E-state index contributed by atoms with van der Waals surface area (Å²) in [5.41, 5.74) is 5.50. The Bertz CT molecular complexity index is 299. The number of nitrogens with zero attached hydrogens (tertiary/aromatic N) is 1. The van der Waals surface area contributed by atoms with E-state index >= 15 is 0 Å². The lowest BCUT2D eigenvalue weighted by Gasteiger charge is -2.36. The number of amides is 1. The SMILES string of the molecule is CC1CCC(N(C(=O)CCCCCCN)C2CC2)CC1.Cl. The van der Waals surface area contributed by atoms with E-state index in [-0.39, 0.29) is 12.4 Å². The van der Waals surface area contributed by atoms with E-state index in [1.54, 1.807) is 0 Å². The van der Waals surface area contributed by atoms with E-state index in [1.807, 2.05) is 0 Å². The van der Waals surface area contributed by atoms with Gasteiger partial charge in [-0.25, -0.2) is 0 Å². The molecule has 0 heterocycles. The highest BCUT2D eigenvalue weighted by Crippen LogP contribution is 2.35. The number of hydrogen-bond acceptors (Lipinski definition) is 2. The molecule has 0 spiro atoms. The third-order valence-corrected chi connectivity index (χ3v) is 4.95. The van der Waals surface area contributed by atoms with Crippen molar-refractivity contribution in [3.05, 3.63) is 0 Å². The number of rotatable bonds is 8. The van der Waals surface area contributed by atoms with E-state index < -0.39 is 0 Å². The van der Waals surface area contributed by atoms with Crippen molar-refractivity contribution in [2.45, 2.75) is 89.6 Å². The van der Waals surface area contributed by atoms with Crippen LogP contribution < -0.4 is 5.73 Å². The van der Waals surface area contributed by atoms with Crippen LogP contribution in [0.15, 0.2) is 0 Å². The van der Waals surface area contributed by atoms with E-state index in [0.717, 1.165) is 38.1 Å². The molecule has 0 aromatic carbocycles. The van der Waals surface area contributed by atoms with Crippen molar-refractivity contribution >= 4 is 18.3 Å². The van der Waals surface area contributed by atoms with Gasteiger partial charge >= 0.3 is 0 Å². The van der Waals surface area contributed by atoms with Crippen molar-refractivity contribution in [1.82, 2.24) is 4.90 Å². The Balaban J connectivity index is 0.00000220. The summed E-state index contributed by atoms with van der Waals surface area (Å²) in [7, 11) is 0. The lowest BCUT2D eigenvalue weighted by atomic mass is 9.86. The minimum atomic E-state index is 0. The van der Waals surface area contributed by atoms with Gasteiger partial charge in [-0.05, 0) is 63.8 Å². The molecular weight excluding hydrogens is 284 g/mol. The Labute approximate surface area is 136 Å². The summed E-state index contributed by atoms with van der Waals surface area (Å²) >= 11 is 0. The number of halogens is 1. The molecule has 0 aliphatic heterocycles. The standard InChI is InChI=1S/C17H32N2O.ClH/c1-14-7-9-15(10-8-14)19(16-11-12-16)17(20)6-4-2-3-5-13-18;/h14-16H,2-13,18H2,1H3;1H. The van der Waals surface area contributed by atoms with Gasteiger partial charge in [-0.2, -0.15) is 0 Å². The zero-order valence-corrected chi connectivity index (χ0v) is 14.4. The van der Waals surface area contributed by atoms with Crippen molar-refractivity contribution in [2.24, 2.45) is 11.7 Å². The van der Waals surface area contributed by atoms with Crippen LogP contribution in [0.1, 0.15) is 77.6 Å². The first-order valence-corrected chi connectivity index (χ1v) is 8.73. The van der Waals surface area contributed by atoms with Crippen LogP contribution in [0.25, 0.3) is 0 Å². The van der Waals surface area contributed by atoms with E-state index in [9.17, 15) is 4.79 Å². The van der Waals surface area contributed by atoms with Gasteiger partial charge in [-0.1, -0.05) is 19.8 Å². The second kappa shape index (κ2) is 9.68. The third kappa shape index (κ3) is 6.15. The highest BCUT2D eigenvalue weighted by atomic mass is 35.5. The zero-order valence-electron chi connectivity index (χ0n) is 13.6. The summed E-state index contributed by atoms with van der Waals surface area (Å²) in [6, 6.07) is 1.14. The third-order valence-electron chi connectivity index (χ3n) is 4.95. The molecule has 0 saturated heterocycles. The Morgan fingerprint density at radius 2 is 1.48 bits per heavy atom. The summed E-state index contributed by atoms with van der Waals surface area (Å²) < 4.78 is 0. The maximum absolute atomic E-state index is 12.5. The fourth-order valence-electron chi connectivity index (χ4n) is 3.48. The van der Waals surface area contributed by atoms with Gasteiger partial charge in [-0.15, -0.1) is 12.4 Å². The molecule has 124 valence electrons. The average Bonchev–Trinajstić information content (AvgIpc) is 3.26. The Morgan fingerprint density at radius 1 is 0.952 bits per heavy atom. The predicted molar refractivity (Wildman–Crippen MR) is 90.7 cm³/mol. The molecule has 2 saturated carbocycles. The number of nitrogens with two attached hydrogens (primary N) is 1. The molecule has 2 aliphatic carbocycles. The van der Waals surface area contributed by atoms with E-state index in [0.29, 0.717) is 18.0 Å². The van der Waals surface area contributed by atoms with Crippen molar-refractivity contribution < 1.29 is 4.79 Å². The van der Waals surface area contributed by atoms with Crippen molar-refractivity contribution in [1.29, 1.82) is 0 Å². The van der Waals surface area contributed by atoms with E-state index in [2.05, 4.69) is 11.8 Å². The van der Waals surface area contributed by atoms with Gasteiger partial charge in [0.15, 0.2) is 0 Å². The molecule has 0 atom stereocenters. The van der Waals surface area contributed by atoms with Gasteiger partial charge in [0.2, 0.25) is 5.91 Å². The normalized spacial score (nSPS) is 25.2. The van der Waals surface area contributed by atoms with Crippen molar-refractivity contribution in [2.75, 3.05) is 6.54 Å². The Morgan fingerprint density at radius 3 is 2.00 bits per heavy atom. The number of hydrogen-bond donors (Lipinski definition) is 1. The Kier molecular flexibility index (Phi) is 8.65. The molecule has 2 N–H and O–H groups in total. The number of carbonyl (C=O) groups is 1. The van der Waals surface area contributed by atoms with Crippen molar-refractivity contribution in [3.8, 4) is 0 Å². The molecule has 2 aliphatic rings. The summed E-state index contributed by atoms with van der Waals surface area (Å²) in [6.07, 6.45) is 12.8. The van der Waals surface area contributed by atoms with Gasteiger partial charge < -0.3 is 10.6 Å². The van der Waals surface area contributed by atoms with Crippen LogP contribution in [0.5, 0.6) is 0 Å². The van der Waals surface area contributed by atoms with Crippen LogP contribution in [0.4, 0.5) is 0 Å². The minimum absolute atomic E-state index is 0. The minimum Gasteiger partial charge on any atom is -0.337 e. The first-order valence-electron chi connectivity index (χ1n) is 8.73. The van der Waals surface area contributed by atoms with Crippen LogP contribution in [0.2, 0.25) is 0 Å². The highest BCUT2D eigenvalue weighted by molar-refractivity contribution is 5.85.